The summed E-state index contributed by atoms with van der Waals surface area (Å²) in [5.41, 5.74) is 1.15. The molecule has 4 heteroatoms. The molecule has 1 aromatic carbocycles. The Bertz CT molecular complexity index is 384. The molecule has 0 amide bonds. The third-order valence-corrected chi connectivity index (χ3v) is 2.45. The van der Waals surface area contributed by atoms with E-state index in [-0.39, 0.29) is 10.6 Å². The highest BCUT2D eigenvalue weighted by Crippen LogP contribution is 2.21. The van der Waals surface area contributed by atoms with Crippen LogP contribution in [0.2, 0.25) is 0 Å². The molecular formula is C11H12N2O2. The number of allylic oxidation sites excluding steroid dienone is 1. The van der Waals surface area contributed by atoms with Gasteiger partial charge in [-0.2, -0.15) is 0 Å². The van der Waals surface area contributed by atoms with Gasteiger partial charge in [-0.05, 0) is 25.0 Å². The number of hydrogen-bond acceptors (Lipinski definition) is 3. The van der Waals surface area contributed by atoms with Gasteiger partial charge in [0.15, 0.2) is 0 Å². The highest BCUT2D eigenvalue weighted by Gasteiger charge is 2.08. The predicted octanol–water partition coefficient (Wildman–Crippen LogP) is 2.71. The average Bonchev–Trinajstić information content (AvgIpc) is 2.30. The Morgan fingerprint density at radius 2 is 2.00 bits per heavy atom. The van der Waals surface area contributed by atoms with Crippen molar-refractivity contribution < 1.29 is 4.92 Å². The van der Waals surface area contributed by atoms with E-state index in [0.29, 0.717) is 0 Å². The van der Waals surface area contributed by atoms with Crippen molar-refractivity contribution in [2.75, 3.05) is 11.4 Å². The topological polar surface area (TPSA) is 46.4 Å². The second-order valence-corrected chi connectivity index (χ2v) is 3.49. The summed E-state index contributed by atoms with van der Waals surface area (Å²) in [6.07, 6.45) is 6.40. The Labute approximate surface area is 88.0 Å². The van der Waals surface area contributed by atoms with Gasteiger partial charge >= 0.3 is 0 Å². The van der Waals surface area contributed by atoms with E-state index in [1.54, 1.807) is 12.1 Å². The summed E-state index contributed by atoms with van der Waals surface area (Å²) >= 11 is 0. The van der Waals surface area contributed by atoms with Gasteiger partial charge in [-0.3, -0.25) is 10.1 Å². The van der Waals surface area contributed by atoms with Crippen LogP contribution in [-0.4, -0.2) is 11.5 Å². The van der Waals surface area contributed by atoms with Crippen LogP contribution in [0.1, 0.15) is 12.8 Å². The molecule has 0 aliphatic carbocycles. The Morgan fingerprint density at radius 1 is 1.27 bits per heavy atom. The number of non-ortho nitro benzene ring substituents is 1. The summed E-state index contributed by atoms with van der Waals surface area (Å²) < 4.78 is 0. The van der Waals surface area contributed by atoms with Crippen molar-refractivity contribution in [3.8, 4) is 0 Å². The lowest BCUT2D eigenvalue weighted by atomic mass is 10.2. The van der Waals surface area contributed by atoms with E-state index in [4.69, 9.17) is 0 Å². The Balaban J connectivity index is 2.19. The first-order valence-electron chi connectivity index (χ1n) is 4.95. The molecule has 0 saturated carbocycles. The molecular weight excluding hydrogens is 192 g/mol. The van der Waals surface area contributed by atoms with Gasteiger partial charge in [0.1, 0.15) is 0 Å². The maximum Gasteiger partial charge on any atom is 0.269 e. The van der Waals surface area contributed by atoms with Crippen molar-refractivity contribution in [3.63, 3.8) is 0 Å². The Kier molecular flexibility index (Phi) is 2.67. The first-order valence-corrected chi connectivity index (χ1v) is 4.95. The standard InChI is InChI=1S/C11H12N2O2/c14-13(15)11-6-4-10(5-7-11)12-8-2-1-3-9-12/h2,4-8H,1,3,9H2. The van der Waals surface area contributed by atoms with Crippen molar-refractivity contribution in [3.05, 3.63) is 46.7 Å². The number of rotatable bonds is 2. The third kappa shape index (κ3) is 2.15. The summed E-state index contributed by atoms with van der Waals surface area (Å²) in [6, 6.07) is 6.65. The van der Waals surface area contributed by atoms with E-state index in [0.717, 1.165) is 25.1 Å². The van der Waals surface area contributed by atoms with Crippen molar-refractivity contribution in [2.24, 2.45) is 0 Å². The summed E-state index contributed by atoms with van der Waals surface area (Å²) in [5, 5.41) is 10.5. The van der Waals surface area contributed by atoms with Crippen LogP contribution in [0.4, 0.5) is 11.4 Å². The van der Waals surface area contributed by atoms with E-state index in [1.165, 1.54) is 12.1 Å². The van der Waals surface area contributed by atoms with Crippen LogP contribution >= 0.6 is 0 Å². The third-order valence-electron chi connectivity index (χ3n) is 2.45. The van der Waals surface area contributed by atoms with Gasteiger partial charge in [-0.15, -0.1) is 0 Å². The molecule has 78 valence electrons. The van der Waals surface area contributed by atoms with Crippen molar-refractivity contribution >= 4 is 11.4 Å². The molecule has 1 aliphatic rings. The zero-order valence-corrected chi connectivity index (χ0v) is 8.30. The minimum Gasteiger partial charge on any atom is -0.348 e. The summed E-state index contributed by atoms with van der Waals surface area (Å²) in [7, 11) is 0. The van der Waals surface area contributed by atoms with Crippen molar-refractivity contribution in [2.45, 2.75) is 12.8 Å². The van der Waals surface area contributed by atoms with E-state index in [1.807, 2.05) is 6.20 Å². The largest absolute Gasteiger partial charge is 0.348 e. The minimum atomic E-state index is -0.379. The maximum atomic E-state index is 10.5. The Morgan fingerprint density at radius 3 is 2.53 bits per heavy atom. The van der Waals surface area contributed by atoms with E-state index in [2.05, 4.69) is 11.0 Å². The van der Waals surface area contributed by atoms with Crippen LogP contribution < -0.4 is 4.90 Å². The smallest absolute Gasteiger partial charge is 0.269 e. The molecule has 1 heterocycles. The number of nitro groups is 1. The monoisotopic (exact) mass is 204 g/mol. The molecule has 0 saturated heterocycles. The molecule has 0 unspecified atom stereocenters. The molecule has 2 rings (SSSR count). The second-order valence-electron chi connectivity index (χ2n) is 3.49. The highest BCUT2D eigenvalue weighted by atomic mass is 16.6. The zero-order valence-electron chi connectivity index (χ0n) is 8.30. The molecule has 0 bridgehead atoms. The second kappa shape index (κ2) is 4.13. The quantitative estimate of drug-likeness (QED) is 0.549. The molecule has 0 N–H and O–H groups in total. The number of hydrogen-bond donors (Lipinski definition) is 0. The number of anilines is 1. The lowest BCUT2D eigenvalue weighted by Crippen LogP contribution is -2.19. The van der Waals surface area contributed by atoms with E-state index < -0.39 is 0 Å². The van der Waals surface area contributed by atoms with E-state index >= 15 is 0 Å². The number of nitrogens with zero attached hydrogens (tertiary/aromatic N) is 2. The maximum absolute atomic E-state index is 10.5. The van der Waals surface area contributed by atoms with Gasteiger partial charge in [0.2, 0.25) is 0 Å². The van der Waals surface area contributed by atoms with Crippen molar-refractivity contribution in [1.82, 2.24) is 0 Å². The average molecular weight is 204 g/mol. The molecule has 0 aromatic heterocycles. The van der Waals surface area contributed by atoms with Gasteiger partial charge in [0, 0.05) is 30.6 Å². The van der Waals surface area contributed by atoms with Gasteiger partial charge in [0.05, 0.1) is 4.92 Å². The lowest BCUT2D eigenvalue weighted by Gasteiger charge is -2.23. The molecule has 15 heavy (non-hydrogen) atoms. The van der Waals surface area contributed by atoms with Crippen LogP contribution in [-0.2, 0) is 0 Å². The fourth-order valence-corrected chi connectivity index (χ4v) is 1.64. The Hall–Kier alpha value is -1.84. The summed E-state index contributed by atoms with van der Waals surface area (Å²) in [6.45, 7) is 0.980. The molecule has 0 radical (unpaired) electrons. The molecule has 0 spiro atoms. The van der Waals surface area contributed by atoms with Gasteiger partial charge in [-0.1, -0.05) is 6.08 Å². The zero-order chi connectivity index (χ0) is 10.7. The molecule has 0 atom stereocenters. The summed E-state index contributed by atoms with van der Waals surface area (Å²) in [4.78, 5) is 12.2. The van der Waals surface area contributed by atoms with Crippen LogP contribution in [0.5, 0.6) is 0 Å². The first kappa shape index (κ1) is 9.71. The SMILES string of the molecule is O=[N+]([O-])c1ccc(N2C=CCCC2)cc1. The molecule has 1 aliphatic heterocycles. The van der Waals surface area contributed by atoms with Crippen LogP contribution in [0.15, 0.2) is 36.5 Å². The normalized spacial score (nSPS) is 15.3. The predicted molar refractivity (Wildman–Crippen MR) is 58.8 cm³/mol. The number of benzene rings is 1. The molecule has 4 nitrogen and oxygen atoms in total. The van der Waals surface area contributed by atoms with Crippen LogP contribution in [0.25, 0.3) is 0 Å². The fourth-order valence-electron chi connectivity index (χ4n) is 1.64. The number of nitro benzene ring substituents is 1. The van der Waals surface area contributed by atoms with Crippen LogP contribution in [0.3, 0.4) is 0 Å². The fraction of sp³-hybridized carbons (Fsp3) is 0.273. The molecule has 0 fully saturated rings. The summed E-state index contributed by atoms with van der Waals surface area (Å²) in [5.74, 6) is 0. The van der Waals surface area contributed by atoms with E-state index in [9.17, 15) is 10.1 Å². The van der Waals surface area contributed by atoms with Crippen LogP contribution in [0, 0.1) is 10.1 Å². The van der Waals surface area contributed by atoms with Gasteiger partial charge < -0.3 is 4.90 Å². The lowest BCUT2D eigenvalue weighted by molar-refractivity contribution is -0.384. The van der Waals surface area contributed by atoms with Gasteiger partial charge in [0.25, 0.3) is 5.69 Å². The molecule has 1 aromatic rings. The van der Waals surface area contributed by atoms with Gasteiger partial charge in [-0.25, -0.2) is 0 Å². The first-order chi connectivity index (χ1) is 7.27. The van der Waals surface area contributed by atoms with Crippen molar-refractivity contribution in [1.29, 1.82) is 0 Å². The highest BCUT2D eigenvalue weighted by molar-refractivity contribution is 5.53. The minimum absolute atomic E-state index is 0.139.